The molecule has 2 aliphatic heterocycles. The predicted molar refractivity (Wildman–Crippen MR) is 200 cm³/mol. The highest BCUT2D eigenvalue weighted by Gasteiger charge is 2.43. The molecule has 3 N–H and O–H groups in total. The Morgan fingerprint density at radius 2 is 1.35 bits per heavy atom. The van der Waals surface area contributed by atoms with E-state index < -0.39 is 11.5 Å². The van der Waals surface area contributed by atoms with Crippen molar-refractivity contribution in [3.05, 3.63) is 121 Å². The van der Waals surface area contributed by atoms with E-state index in [0.29, 0.717) is 31.5 Å². The highest BCUT2D eigenvalue weighted by molar-refractivity contribution is 6.07. The van der Waals surface area contributed by atoms with Gasteiger partial charge in [0.1, 0.15) is 0 Å². The number of nitrogens with zero attached hydrogens (tertiary/aromatic N) is 1. The van der Waals surface area contributed by atoms with Gasteiger partial charge < -0.3 is 20.7 Å². The molecule has 2 heterocycles. The second kappa shape index (κ2) is 23.1. The lowest BCUT2D eigenvalue weighted by atomic mass is 9.92. The summed E-state index contributed by atoms with van der Waals surface area (Å²) in [6, 6.07) is 9.10. The second-order valence-electron chi connectivity index (χ2n) is 12.3. The number of carbonyl (C=O) groups is 3. The summed E-state index contributed by atoms with van der Waals surface area (Å²) >= 11 is 0. The number of hydrogen-bond donors (Lipinski definition) is 3. The lowest BCUT2D eigenvalue weighted by Crippen LogP contribution is -2.55. The van der Waals surface area contributed by atoms with Crippen LogP contribution in [0.25, 0.3) is 0 Å². The van der Waals surface area contributed by atoms with Gasteiger partial charge in [0.25, 0.3) is 5.91 Å². The molecule has 2 atom stereocenters. The fourth-order valence-corrected chi connectivity index (χ4v) is 5.48. The van der Waals surface area contributed by atoms with Crippen LogP contribution in [0.5, 0.6) is 0 Å². The molecule has 0 radical (unpaired) electrons. The van der Waals surface area contributed by atoms with Crippen LogP contribution in [-0.4, -0.2) is 67.8 Å². The third-order valence-electron chi connectivity index (χ3n) is 8.43. The Labute approximate surface area is 293 Å². The van der Waals surface area contributed by atoms with E-state index in [9.17, 15) is 14.4 Å². The van der Waals surface area contributed by atoms with Gasteiger partial charge >= 0.3 is 0 Å². The van der Waals surface area contributed by atoms with E-state index in [1.165, 1.54) is 6.08 Å². The zero-order valence-corrected chi connectivity index (χ0v) is 29.4. The van der Waals surface area contributed by atoms with Crippen LogP contribution in [0, 0.1) is 0 Å². The summed E-state index contributed by atoms with van der Waals surface area (Å²) in [4.78, 5) is 40.7. The van der Waals surface area contributed by atoms with Crippen LogP contribution in [0.2, 0.25) is 0 Å². The molecule has 8 heteroatoms. The zero-order valence-electron chi connectivity index (χ0n) is 29.4. The van der Waals surface area contributed by atoms with Crippen LogP contribution < -0.4 is 16.0 Å². The average Bonchev–Trinajstić information content (AvgIpc) is 3.44. The molecule has 1 saturated heterocycles. The van der Waals surface area contributed by atoms with E-state index in [0.717, 1.165) is 64.7 Å². The van der Waals surface area contributed by atoms with E-state index in [4.69, 9.17) is 4.74 Å². The van der Waals surface area contributed by atoms with E-state index in [-0.39, 0.29) is 23.5 Å². The van der Waals surface area contributed by atoms with Gasteiger partial charge in [0.05, 0.1) is 0 Å². The van der Waals surface area contributed by atoms with Crippen LogP contribution in [0.15, 0.2) is 115 Å². The molecule has 1 fully saturated rings. The first-order valence-electron chi connectivity index (χ1n) is 17.8. The highest BCUT2D eigenvalue weighted by atomic mass is 16.5. The fraction of sp³-hybridized carbons (Fsp3) is 0.439. The van der Waals surface area contributed by atoms with Gasteiger partial charge in [0.15, 0.2) is 11.4 Å². The number of ether oxygens (including phenoxy) is 1. The lowest BCUT2D eigenvalue weighted by Gasteiger charge is -2.35. The van der Waals surface area contributed by atoms with Crippen LogP contribution in [0.4, 0.5) is 0 Å². The summed E-state index contributed by atoms with van der Waals surface area (Å²) in [5, 5.41) is 9.34. The molecule has 0 aliphatic carbocycles. The molecule has 2 unspecified atom stereocenters. The minimum Gasteiger partial charge on any atom is -0.469 e. The average molecular weight is 669 g/mol. The SMILES string of the molecule is CC/C=C\C/C=C\C/C=C\C/C=C\C/C=C\C/C=C\CCC(=O)NCC(CNC(=O)C1=CC(=O)C(C)(c2ccccc2)O1)N1CCNCC1. The number of carbonyl (C=O) groups excluding carboxylic acids is 3. The number of rotatable bonds is 21. The molecule has 0 saturated carbocycles. The molecular weight excluding hydrogens is 612 g/mol. The standard InChI is InChI=1S/C41H56N4O4/c1-3-4-5-6-7-8-9-10-11-12-13-14-15-16-17-18-19-20-24-27-39(47)43-33-36(45-30-28-42-29-31-45)34-44-40(48)37-32-38(46)41(2,49-37)35-25-22-21-23-26-35/h4-5,7-8,10-11,13-14,16-17,19-23,25-26,32,36,42H,3,6,9,12,15,18,24,27-31,33-34H2,1-2H3,(H,43,47)(H,44,48)/b5-4-,8-7-,11-10-,14-13-,17-16-,20-19-. The first-order valence-corrected chi connectivity index (χ1v) is 17.8. The van der Waals surface area contributed by atoms with Crippen molar-refractivity contribution in [1.82, 2.24) is 20.9 Å². The summed E-state index contributed by atoms with van der Waals surface area (Å²) in [5.41, 5.74) is -0.521. The molecule has 2 aliphatic rings. The third-order valence-corrected chi connectivity index (χ3v) is 8.43. The van der Waals surface area contributed by atoms with Crippen molar-refractivity contribution < 1.29 is 19.1 Å². The van der Waals surface area contributed by atoms with Gasteiger partial charge in [-0.25, -0.2) is 0 Å². The molecule has 0 spiro atoms. The van der Waals surface area contributed by atoms with Gasteiger partial charge in [-0.3, -0.25) is 19.3 Å². The molecule has 0 aromatic heterocycles. The lowest BCUT2D eigenvalue weighted by molar-refractivity contribution is -0.132. The van der Waals surface area contributed by atoms with Gasteiger partial charge in [-0.15, -0.1) is 0 Å². The first kappa shape index (κ1) is 39.2. The maximum absolute atomic E-state index is 13.0. The number of allylic oxidation sites excluding steroid dienone is 12. The number of piperazine rings is 1. The summed E-state index contributed by atoms with van der Waals surface area (Å²) in [6.07, 6.45) is 34.2. The molecule has 1 aromatic carbocycles. The number of benzene rings is 1. The summed E-state index contributed by atoms with van der Waals surface area (Å²) in [6.45, 7) is 7.90. The minimum atomic E-state index is -1.22. The summed E-state index contributed by atoms with van der Waals surface area (Å²) < 4.78 is 5.90. The molecule has 49 heavy (non-hydrogen) atoms. The van der Waals surface area contributed by atoms with E-state index >= 15 is 0 Å². The molecular formula is C41H56N4O4. The Kier molecular flexibility index (Phi) is 18.5. The zero-order chi connectivity index (χ0) is 35.0. The van der Waals surface area contributed by atoms with Crippen molar-refractivity contribution in [3.63, 3.8) is 0 Å². The summed E-state index contributed by atoms with van der Waals surface area (Å²) in [5.74, 6) is -0.702. The van der Waals surface area contributed by atoms with Crippen molar-refractivity contribution in [2.45, 2.75) is 76.9 Å². The van der Waals surface area contributed by atoms with E-state index in [1.54, 1.807) is 6.92 Å². The molecule has 8 nitrogen and oxygen atoms in total. The Bertz CT molecular complexity index is 1370. The smallest absolute Gasteiger partial charge is 0.286 e. The molecule has 3 rings (SSSR count). The van der Waals surface area contributed by atoms with E-state index in [1.807, 2.05) is 36.4 Å². The Morgan fingerprint density at radius 1 is 0.816 bits per heavy atom. The topological polar surface area (TPSA) is 99.8 Å². The molecule has 2 amide bonds. The third kappa shape index (κ3) is 14.8. The minimum absolute atomic E-state index is 0.0100. The maximum atomic E-state index is 13.0. The van der Waals surface area contributed by atoms with Crippen molar-refractivity contribution in [3.8, 4) is 0 Å². The van der Waals surface area contributed by atoms with Gasteiger partial charge in [0, 0.05) is 63.4 Å². The molecule has 1 aromatic rings. The largest absolute Gasteiger partial charge is 0.469 e. The number of nitrogens with one attached hydrogen (secondary N) is 3. The summed E-state index contributed by atoms with van der Waals surface area (Å²) in [7, 11) is 0. The monoisotopic (exact) mass is 668 g/mol. The number of hydrogen-bond acceptors (Lipinski definition) is 6. The number of amides is 2. The van der Waals surface area contributed by atoms with Gasteiger partial charge in [-0.1, -0.05) is 110 Å². The van der Waals surface area contributed by atoms with Gasteiger partial charge in [-0.2, -0.15) is 0 Å². The molecule has 264 valence electrons. The van der Waals surface area contributed by atoms with Crippen molar-refractivity contribution in [2.75, 3.05) is 39.3 Å². The van der Waals surface area contributed by atoms with Crippen LogP contribution >= 0.6 is 0 Å². The highest BCUT2D eigenvalue weighted by Crippen LogP contribution is 2.34. The number of ketones is 1. The van der Waals surface area contributed by atoms with Crippen molar-refractivity contribution >= 4 is 17.6 Å². The van der Waals surface area contributed by atoms with Crippen LogP contribution in [0.1, 0.15) is 70.8 Å². The fourth-order valence-electron chi connectivity index (χ4n) is 5.48. The normalized spacial score (nSPS) is 19.6. The van der Waals surface area contributed by atoms with Crippen LogP contribution in [0.3, 0.4) is 0 Å². The van der Waals surface area contributed by atoms with Crippen molar-refractivity contribution in [1.29, 1.82) is 0 Å². The predicted octanol–water partition coefficient (Wildman–Crippen LogP) is 6.37. The van der Waals surface area contributed by atoms with Gasteiger partial charge in [0.2, 0.25) is 11.7 Å². The van der Waals surface area contributed by atoms with E-state index in [2.05, 4.69) is 94.6 Å². The maximum Gasteiger partial charge on any atom is 0.286 e. The Hall–Kier alpha value is -4.27. The van der Waals surface area contributed by atoms with Crippen molar-refractivity contribution in [2.24, 2.45) is 0 Å². The first-order chi connectivity index (χ1) is 23.9. The second-order valence-corrected chi connectivity index (χ2v) is 12.3. The molecule has 0 bridgehead atoms. The Balaban J connectivity index is 1.31. The quantitative estimate of drug-likeness (QED) is 0.132. The van der Waals surface area contributed by atoms with Gasteiger partial charge in [-0.05, 0) is 51.9 Å². The Morgan fingerprint density at radius 3 is 1.92 bits per heavy atom. The van der Waals surface area contributed by atoms with Crippen LogP contribution in [-0.2, 0) is 24.7 Å².